The van der Waals surface area contributed by atoms with E-state index in [1.807, 2.05) is 56.3 Å². The number of carbonyl (C=O) groups excluding carboxylic acids is 2. The maximum Gasteiger partial charge on any atom is 0.319 e. The van der Waals surface area contributed by atoms with E-state index in [1.54, 1.807) is 11.0 Å². The van der Waals surface area contributed by atoms with Gasteiger partial charge in [-0.3, -0.25) is 4.79 Å². The van der Waals surface area contributed by atoms with Crippen LogP contribution in [-0.4, -0.2) is 24.5 Å². The molecule has 1 atom stereocenters. The second kappa shape index (κ2) is 7.91. The molecule has 0 aliphatic carbocycles. The van der Waals surface area contributed by atoms with Gasteiger partial charge in [-0.2, -0.15) is 0 Å². The number of benzene rings is 2. The van der Waals surface area contributed by atoms with Crippen LogP contribution >= 0.6 is 15.9 Å². The molecule has 3 amide bonds. The minimum Gasteiger partial charge on any atom is -0.326 e. The average Bonchev–Trinajstić information content (AvgIpc) is 3.05. The van der Waals surface area contributed by atoms with Crippen molar-refractivity contribution in [3.63, 3.8) is 0 Å². The van der Waals surface area contributed by atoms with Gasteiger partial charge in [0, 0.05) is 16.7 Å². The molecular formula is C20H22BrN3O2. The first-order valence-electron chi connectivity index (χ1n) is 8.68. The zero-order chi connectivity index (χ0) is 18.7. The molecule has 1 aliphatic heterocycles. The maximum absolute atomic E-state index is 13.1. The minimum atomic E-state index is -0.594. The molecule has 2 aromatic carbocycles. The van der Waals surface area contributed by atoms with Gasteiger partial charge in [-0.25, -0.2) is 4.79 Å². The predicted octanol–water partition coefficient (Wildman–Crippen LogP) is 4.18. The number of carbonyl (C=O) groups is 2. The number of urea groups is 1. The van der Waals surface area contributed by atoms with Crippen molar-refractivity contribution in [3.05, 3.63) is 58.6 Å². The Kier molecular flexibility index (Phi) is 5.61. The van der Waals surface area contributed by atoms with Gasteiger partial charge in [-0.15, -0.1) is 0 Å². The molecule has 1 unspecified atom stereocenters. The third-order valence-electron chi connectivity index (χ3n) is 4.49. The van der Waals surface area contributed by atoms with Gasteiger partial charge < -0.3 is 15.5 Å². The fraction of sp³-hybridized carbons (Fsp3) is 0.300. The van der Waals surface area contributed by atoms with Crippen LogP contribution in [0.3, 0.4) is 0 Å². The summed E-state index contributed by atoms with van der Waals surface area (Å²) in [6.07, 6.45) is 0.843. The fourth-order valence-electron chi connectivity index (χ4n) is 3.11. The minimum absolute atomic E-state index is 0.0276. The number of nitrogens with zero attached hydrogens (tertiary/aromatic N) is 1. The molecule has 3 rings (SSSR count). The summed E-state index contributed by atoms with van der Waals surface area (Å²) in [5.41, 5.74) is 2.77. The standard InChI is InChI=1S/C20H22BrN3O2/c1-13(2)18(23-20(26)22-16-9-5-4-8-15(16)21)19(25)24-12-11-14-7-3-6-10-17(14)24/h3-10,13,18H,11-12H2,1-2H3,(H2,22,23,26). The highest BCUT2D eigenvalue weighted by Crippen LogP contribution is 2.28. The molecular weight excluding hydrogens is 394 g/mol. The van der Waals surface area contributed by atoms with Crippen LogP contribution in [0.25, 0.3) is 0 Å². The topological polar surface area (TPSA) is 61.4 Å². The third kappa shape index (κ3) is 3.90. The number of halogens is 1. The first kappa shape index (κ1) is 18.5. The summed E-state index contributed by atoms with van der Waals surface area (Å²) >= 11 is 3.40. The summed E-state index contributed by atoms with van der Waals surface area (Å²) in [6, 6.07) is 14.3. The van der Waals surface area contributed by atoms with Crippen molar-refractivity contribution in [2.45, 2.75) is 26.3 Å². The second-order valence-corrected chi connectivity index (χ2v) is 7.52. The molecule has 0 saturated carbocycles. The van der Waals surface area contributed by atoms with Crippen molar-refractivity contribution in [3.8, 4) is 0 Å². The van der Waals surface area contributed by atoms with Gasteiger partial charge in [0.25, 0.3) is 0 Å². The summed E-state index contributed by atoms with van der Waals surface area (Å²) in [7, 11) is 0. The summed E-state index contributed by atoms with van der Waals surface area (Å²) in [5, 5.41) is 5.63. The highest BCUT2D eigenvalue weighted by atomic mass is 79.9. The van der Waals surface area contributed by atoms with E-state index in [0.717, 1.165) is 16.6 Å². The molecule has 136 valence electrons. The van der Waals surface area contributed by atoms with Crippen molar-refractivity contribution >= 4 is 39.2 Å². The summed E-state index contributed by atoms with van der Waals surface area (Å²) < 4.78 is 0.788. The molecule has 26 heavy (non-hydrogen) atoms. The van der Waals surface area contributed by atoms with Crippen molar-refractivity contribution in [2.75, 3.05) is 16.8 Å². The highest BCUT2D eigenvalue weighted by molar-refractivity contribution is 9.10. The number of rotatable bonds is 4. The Balaban J connectivity index is 1.72. The van der Waals surface area contributed by atoms with Crippen molar-refractivity contribution in [2.24, 2.45) is 5.92 Å². The fourth-order valence-corrected chi connectivity index (χ4v) is 3.49. The Labute approximate surface area is 161 Å². The number of amides is 3. The van der Waals surface area contributed by atoms with Gasteiger partial charge in [-0.05, 0) is 52.0 Å². The van der Waals surface area contributed by atoms with Crippen molar-refractivity contribution < 1.29 is 9.59 Å². The van der Waals surface area contributed by atoms with Crippen LogP contribution < -0.4 is 15.5 Å². The summed E-state index contributed by atoms with van der Waals surface area (Å²) in [6.45, 7) is 4.52. The highest BCUT2D eigenvalue weighted by Gasteiger charge is 2.32. The second-order valence-electron chi connectivity index (χ2n) is 6.67. The van der Waals surface area contributed by atoms with Crippen molar-refractivity contribution in [1.29, 1.82) is 0 Å². The maximum atomic E-state index is 13.1. The molecule has 1 heterocycles. The Morgan fingerprint density at radius 1 is 1.08 bits per heavy atom. The van der Waals surface area contributed by atoms with Crippen LogP contribution in [0.1, 0.15) is 19.4 Å². The first-order chi connectivity index (χ1) is 12.5. The SMILES string of the molecule is CC(C)C(NC(=O)Nc1ccccc1Br)C(=O)N1CCc2ccccc21. The summed E-state index contributed by atoms with van der Waals surface area (Å²) in [4.78, 5) is 27.3. The largest absolute Gasteiger partial charge is 0.326 e. The Morgan fingerprint density at radius 3 is 2.50 bits per heavy atom. The lowest BCUT2D eigenvalue weighted by molar-refractivity contribution is -0.121. The number of anilines is 2. The number of fused-ring (bicyclic) bond motifs is 1. The first-order valence-corrected chi connectivity index (χ1v) is 9.48. The van der Waals surface area contributed by atoms with E-state index in [2.05, 4.69) is 26.6 Å². The molecule has 0 radical (unpaired) electrons. The van der Waals surface area contributed by atoms with Gasteiger partial charge in [-0.1, -0.05) is 44.2 Å². The van der Waals surface area contributed by atoms with Crippen LogP contribution in [0.4, 0.5) is 16.2 Å². The number of hydrogen-bond donors (Lipinski definition) is 2. The number of para-hydroxylation sites is 2. The lowest BCUT2D eigenvalue weighted by Gasteiger charge is -2.27. The van der Waals surface area contributed by atoms with Gasteiger partial charge in [0.15, 0.2) is 0 Å². The van der Waals surface area contributed by atoms with E-state index >= 15 is 0 Å². The van der Waals surface area contributed by atoms with E-state index in [1.165, 1.54) is 5.56 Å². The Hall–Kier alpha value is -2.34. The third-order valence-corrected chi connectivity index (χ3v) is 5.19. The zero-order valence-electron chi connectivity index (χ0n) is 14.8. The molecule has 0 saturated heterocycles. The van der Waals surface area contributed by atoms with Crippen LogP contribution in [0.15, 0.2) is 53.0 Å². The van der Waals surface area contributed by atoms with Gasteiger partial charge in [0.2, 0.25) is 5.91 Å². The van der Waals surface area contributed by atoms with E-state index in [-0.39, 0.29) is 11.8 Å². The number of hydrogen-bond acceptors (Lipinski definition) is 2. The Morgan fingerprint density at radius 2 is 1.77 bits per heavy atom. The van der Waals surface area contributed by atoms with E-state index in [0.29, 0.717) is 12.2 Å². The van der Waals surface area contributed by atoms with Crippen LogP contribution in [0.2, 0.25) is 0 Å². The quantitative estimate of drug-likeness (QED) is 0.786. The average molecular weight is 416 g/mol. The van der Waals surface area contributed by atoms with E-state index in [9.17, 15) is 9.59 Å². The molecule has 2 aromatic rings. The lowest BCUT2D eigenvalue weighted by Crippen LogP contribution is -2.52. The molecule has 0 aromatic heterocycles. The lowest BCUT2D eigenvalue weighted by atomic mass is 10.0. The van der Waals surface area contributed by atoms with E-state index in [4.69, 9.17) is 0 Å². The molecule has 5 nitrogen and oxygen atoms in total. The van der Waals surface area contributed by atoms with E-state index < -0.39 is 12.1 Å². The Bertz CT molecular complexity index is 822. The van der Waals surface area contributed by atoms with Crippen molar-refractivity contribution in [1.82, 2.24) is 5.32 Å². The zero-order valence-corrected chi connectivity index (χ0v) is 16.4. The normalized spacial score (nSPS) is 14.1. The molecule has 2 N–H and O–H groups in total. The van der Waals surface area contributed by atoms with Gasteiger partial charge >= 0.3 is 6.03 Å². The smallest absolute Gasteiger partial charge is 0.319 e. The molecule has 1 aliphatic rings. The van der Waals surface area contributed by atoms with Crippen LogP contribution in [0, 0.1) is 5.92 Å². The van der Waals surface area contributed by atoms with Crippen LogP contribution in [-0.2, 0) is 11.2 Å². The molecule has 0 spiro atoms. The molecule has 0 fully saturated rings. The molecule has 6 heteroatoms. The van der Waals surface area contributed by atoms with Crippen LogP contribution in [0.5, 0.6) is 0 Å². The van der Waals surface area contributed by atoms with Gasteiger partial charge in [0.1, 0.15) is 6.04 Å². The predicted molar refractivity (Wildman–Crippen MR) is 107 cm³/mol. The molecule has 0 bridgehead atoms. The monoisotopic (exact) mass is 415 g/mol. The number of nitrogens with one attached hydrogen (secondary N) is 2. The van der Waals surface area contributed by atoms with Gasteiger partial charge in [0.05, 0.1) is 5.69 Å². The summed E-state index contributed by atoms with van der Waals surface area (Å²) in [5.74, 6) is -0.104.